The molecule has 1 heterocycles. The summed E-state index contributed by atoms with van der Waals surface area (Å²) in [5.41, 5.74) is 10.0. The molecule has 0 bridgehead atoms. The Balaban J connectivity index is 1.87. The Morgan fingerprint density at radius 3 is 2.16 bits per heavy atom. The van der Waals surface area contributed by atoms with E-state index >= 15 is 0 Å². The zero-order valence-corrected chi connectivity index (χ0v) is 24.0. The third-order valence-corrected chi connectivity index (χ3v) is 7.38. The Labute approximate surface area is 223 Å². The Kier molecular flexibility index (Phi) is 7.41. The lowest BCUT2D eigenvalue weighted by Crippen LogP contribution is -2.21. The molecule has 37 heavy (non-hydrogen) atoms. The second-order valence-corrected chi connectivity index (χ2v) is 12.2. The van der Waals surface area contributed by atoms with Crippen LogP contribution in [0.25, 0.3) is 11.1 Å². The third-order valence-electron chi connectivity index (χ3n) is 7.38. The predicted octanol–water partition coefficient (Wildman–Crippen LogP) is 8.06. The van der Waals surface area contributed by atoms with E-state index in [1.165, 1.54) is 16.7 Å². The van der Waals surface area contributed by atoms with Gasteiger partial charge in [-0.1, -0.05) is 71.0 Å². The summed E-state index contributed by atoms with van der Waals surface area (Å²) in [6, 6.07) is 17.5. The van der Waals surface area contributed by atoms with Gasteiger partial charge in [0.1, 0.15) is 5.75 Å². The molecule has 1 N–H and O–H groups in total. The minimum absolute atomic E-state index is 0.0457. The highest BCUT2D eigenvalue weighted by Gasteiger charge is 2.34. The number of anilines is 2. The van der Waals surface area contributed by atoms with Gasteiger partial charge in [-0.3, -0.25) is 4.79 Å². The zero-order valence-electron chi connectivity index (χ0n) is 24.0. The standard InChI is InChI=1S/C33H42N2O2/c1-20(2)23-10-12-24(13-11-23)27-19-37-32-29(25-14-16-26(17-15-25)35(8)9)21(3)31(22(4)30(27)32)34-28(36)18-33(5,6)7/h10-17,20,27H,18-19H2,1-9H3,(H,34,36). The van der Waals surface area contributed by atoms with E-state index in [4.69, 9.17) is 4.74 Å². The molecule has 4 rings (SSSR count). The quantitative estimate of drug-likeness (QED) is 0.374. The largest absolute Gasteiger partial charge is 0.492 e. The Morgan fingerprint density at radius 2 is 1.62 bits per heavy atom. The normalized spacial score (nSPS) is 14.9. The fourth-order valence-electron chi connectivity index (χ4n) is 5.34. The number of amides is 1. The molecule has 196 valence electrons. The lowest BCUT2D eigenvalue weighted by molar-refractivity contribution is -0.117. The van der Waals surface area contributed by atoms with Crippen LogP contribution in [0.1, 0.15) is 80.7 Å². The molecule has 1 atom stereocenters. The van der Waals surface area contributed by atoms with Gasteiger partial charge in [-0.2, -0.15) is 0 Å². The Hall–Kier alpha value is -3.27. The van der Waals surface area contributed by atoms with Crippen LogP contribution in [0.4, 0.5) is 11.4 Å². The van der Waals surface area contributed by atoms with Crippen LogP contribution in [0.2, 0.25) is 0 Å². The van der Waals surface area contributed by atoms with Gasteiger partial charge in [0.05, 0.1) is 6.61 Å². The monoisotopic (exact) mass is 498 g/mol. The minimum atomic E-state index is -0.0860. The number of carbonyl (C=O) groups is 1. The lowest BCUT2D eigenvalue weighted by Gasteiger charge is -2.24. The summed E-state index contributed by atoms with van der Waals surface area (Å²) in [5, 5.41) is 3.30. The number of benzene rings is 3. The first-order valence-electron chi connectivity index (χ1n) is 13.3. The van der Waals surface area contributed by atoms with Crippen molar-refractivity contribution in [1.82, 2.24) is 0 Å². The summed E-state index contributed by atoms with van der Waals surface area (Å²) in [4.78, 5) is 15.2. The molecule has 3 aromatic carbocycles. The molecular formula is C33H42N2O2. The van der Waals surface area contributed by atoms with Gasteiger partial charge in [-0.25, -0.2) is 0 Å². The van der Waals surface area contributed by atoms with Gasteiger partial charge < -0.3 is 15.0 Å². The first-order valence-corrected chi connectivity index (χ1v) is 13.3. The van der Waals surface area contributed by atoms with Gasteiger partial charge in [0, 0.05) is 48.9 Å². The SMILES string of the molecule is Cc1c(NC(=O)CC(C)(C)C)c(C)c2c(c1-c1ccc(N(C)C)cc1)OCC2c1ccc(C(C)C)cc1. The van der Waals surface area contributed by atoms with Crippen molar-refractivity contribution < 1.29 is 9.53 Å². The number of nitrogens with zero attached hydrogens (tertiary/aromatic N) is 1. The highest BCUT2D eigenvalue weighted by molar-refractivity contribution is 5.96. The van der Waals surface area contributed by atoms with Crippen molar-refractivity contribution in [2.75, 3.05) is 30.9 Å². The number of rotatable bonds is 6. The highest BCUT2D eigenvalue weighted by atomic mass is 16.5. The Morgan fingerprint density at radius 1 is 1.00 bits per heavy atom. The molecule has 0 saturated heterocycles. The van der Waals surface area contributed by atoms with Crippen LogP contribution < -0.4 is 15.0 Å². The first kappa shape index (κ1) is 26.8. The van der Waals surface area contributed by atoms with Gasteiger partial charge in [0.15, 0.2) is 0 Å². The predicted molar refractivity (Wildman–Crippen MR) is 156 cm³/mol. The third kappa shape index (κ3) is 5.53. The number of carbonyl (C=O) groups excluding carboxylic acids is 1. The molecule has 0 aromatic heterocycles. The van der Waals surface area contributed by atoms with Crippen LogP contribution in [-0.2, 0) is 4.79 Å². The summed E-state index contributed by atoms with van der Waals surface area (Å²) in [7, 11) is 4.09. The highest BCUT2D eigenvalue weighted by Crippen LogP contribution is 2.51. The van der Waals surface area contributed by atoms with Crippen LogP contribution in [0, 0.1) is 19.3 Å². The van der Waals surface area contributed by atoms with Crippen LogP contribution in [-0.4, -0.2) is 26.6 Å². The van der Waals surface area contributed by atoms with Crippen molar-refractivity contribution >= 4 is 17.3 Å². The van der Waals surface area contributed by atoms with E-state index in [1.54, 1.807) is 0 Å². The van der Waals surface area contributed by atoms with E-state index in [0.29, 0.717) is 18.9 Å². The zero-order chi connectivity index (χ0) is 27.1. The molecule has 0 aliphatic carbocycles. The molecule has 0 fully saturated rings. The maximum Gasteiger partial charge on any atom is 0.224 e. The van der Waals surface area contributed by atoms with E-state index < -0.39 is 0 Å². The minimum Gasteiger partial charge on any atom is -0.492 e. The number of hydrogen-bond acceptors (Lipinski definition) is 3. The number of fused-ring (bicyclic) bond motifs is 1. The van der Waals surface area contributed by atoms with Crippen LogP contribution >= 0.6 is 0 Å². The summed E-state index contributed by atoms with van der Waals surface area (Å²) in [5.74, 6) is 1.60. The smallest absolute Gasteiger partial charge is 0.224 e. The fourth-order valence-corrected chi connectivity index (χ4v) is 5.34. The maximum absolute atomic E-state index is 13.1. The molecule has 1 aliphatic heterocycles. The molecular weight excluding hydrogens is 456 g/mol. The topological polar surface area (TPSA) is 41.6 Å². The van der Waals surface area contributed by atoms with Crippen molar-refractivity contribution in [3.63, 3.8) is 0 Å². The van der Waals surface area contributed by atoms with E-state index in [1.807, 2.05) is 14.1 Å². The van der Waals surface area contributed by atoms with Gasteiger partial charge >= 0.3 is 0 Å². The average Bonchev–Trinajstić information content (AvgIpc) is 3.26. The molecule has 0 saturated carbocycles. The van der Waals surface area contributed by atoms with Crippen molar-refractivity contribution in [3.8, 4) is 16.9 Å². The van der Waals surface area contributed by atoms with Gasteiger partial charge in [0.2, 0.25) is 5.91 Å². The molecule has 1 amide bonds. The number of ether oxygens (including phenoxy) is 1. The summed E-state index contributed by atoms with van der Waals surface area (Å²) in [6.45, 7) is 15.5. The molecule has 0 radical (unpaired) electrons. The van der Waals surface area contributed by atoms with E-state index in [-0.39, 0.29) is 17.2 Å². The van der Waals surface area contributed by atoms with Crippen molar-refractivity contribution in [2.45, 2.75) is 66.7 Å². The first-order chi connectivity index (χ1) is 17.4. The molecule has 1 aliphatic rings. The van der Waals surface area contributed by atoms with E-state index in [9.17, 15) is 4.79 Å². The van der Waals surface area contributed by atoms with Gasteiger partial charge in [-0.05, 0) is 65.1 Å². The maximum atomic E-state index is 13.1. The van der Waals surface area contributed by atoms with Crippen molar-refractivity contribution in [2.24, 2.45) is 5.41 Å². The van der Waals surface area contributed by atoms with Crippen LogP contribution in [0.5, 0.6) is 5.75 Å². The summed E-state index contributed by atoms with van der Waals surface area (Å²) in [6.07, 6.45) is 0.465. The van der Waals surface area contributed by atoms with Crippen LogP contribution in [0.3, 0.4) is 0 Å². The van der Waals surface area contributed by atoms with E-state index in [0.717, 1.165) is 39.4 Å². The van der Waals surface area contributed by atoms with Crippen molar-refractivity contribution in [1.29, 1.82) is 0 Å². The van der Waals surface area contributed by atoms with Gasteiger partial charge in [0.25, 0.3) is 0 Å². The molecule has 4 nitrogen and oxygen atoms in total. The second kappa shape index (κ2) is 10.2. The van der Waals surface area contributed by atoms with Crippen molar-refractivity contribution in [3.05, 3.63) is 76.3 Å². The molecule has 1 unspecified atom stereocenters. The summed E-state index contributed by atoms with van der Waals surface area (Å²) >= 11 is 0. The molecule has 3 aromatic rings. The Bertz CT molecular complexity index is 1280. The lowest BCUT2D eigenvalue weighted by atomic mass is 9.84. The molecule has 0 spiro atoms. The second-order valence-electron chi connectivity index (χ2n) is 12.2. The number of hydrogen-bond donors (Lipinski definition) is 1. The average molecular weight is 499 g/mol. The number of nitrogens with one attached hydrogen (secondary N) is 1. The van der Waals surface area contributed by atoms with Crippen LogP contribution in [0.15, 0.2) is 48.5 Å². The van der Waals surface area contributed by atoms with E-state index in [2.05, 4.69) is 107 Å². The van der Waals surface area contributed by atoms with Gasteiger partial charge in [-0.15, -0.1) is 0 Å². The summed E-state index contributed by atoms with van der Waals surface area (Å²) < 4.78 is 6.49. The fraction of sp³-hybridized carbons (Fsp3) is 0.424. The molecule has 4 heteroatoms.